The molecule has 0 aliphatic heterocycles. The molecule has 1 amide bonds. The van der Waals surface area contributed by atoms with Crippen molar-refractivity contribution in [3.8, 4) is 0 Å². The number of Topliss-reactive ketones (excluding diaryl/α,β-unsaturated/α-hetero) is 1. The van der Waals surface area contributed by atoms with Crippen LogP contribution < -0.4 is 5.32 Å². The third-order valence-corrected chi connectivity index (χ3v) is 5.00. The zero-order chi connectivity index (χ0) is 19.1. The highest BCUT2D eigenvalue weighted by Crippen LogP contribution is 2.23. The van der Waals surface area contributed by atoms with Gasteiger partial charge in [0.2, 0.25) is 0 Å². The Morgan fingerprint density at radius 1 is 1.15 bits per heavy atom. The SMILES string of the molecule is C[C@@H](NC(=O)COC(=O)CCC(=O)c1ccc(Cl)s1)c1cccc(Cl)c1. The number of thiophene rings is 1. The van der Waals surface area contributed by atoms with Crippen molar-refractivity contribution in [2.45, 2.75) is 25.8 Å². The van der Waals surface area contributed by atoms with Crippen LogP contribution in [-0.4, -0.2) is 24.3 Å². The maximum atomic E-state index is 11.9. The van der Waals surface area contributed by atoms with Crippen molar-refractivity contribution in [2.24, 2.45) is 0 Å². The molecule has 0 fully saturated rings. The lowest BCUT2D eigenvalue weighted by molar-refractivity contribution is -0.148. The van der Waals surface area contributed by atoms with Crippen LogP contribution >= 0.6 is 34.5 Å². The van der Waals surface area contributed by atoms with Crippen LogP contribution in [0, 0.1) is 0 Å². The highest BCUT2D eigenvalue weighted by molar-refractivity contribution is 7.18. The van der Waals surface area contributed by atoms with Crippen LogP contribution in [0.4, 0.5) is 0 Å². The van der Waals surface area contributed by atoms with Gasteiger partial charge in [0.1, 0.15) is 0 Å². The first-order valence-corrected chi connectivity index (χ1v) is 9.41. The molecule has 0 radical (unpaired) electrons. The number of hydrogen-bond donors (Lipinski definition) is 1. The summed E-state index contributed by atoms with van der Waals surface area (Å²) in [6.45, 7) is 1.40. The van der Waals surface area contributed by atoms with E-state index in [1.165, 1.54) is 0 Å². The van der Waals surface area contributed by atoms with Crippen LogP contribution in [0.25, 0.3) is 0 Å². The lowest BCUT2D eigenvalue weighted by Crippen LogP contribution is -2.31. The number of ether oxygens (including phenoxy) is 1. The second-order valence-electron chi connectivity index (χ2n) is 5.53. The van der Waals surface area contributed by atoms with E-state index < -0.39 is 18.5 Å². The highest BCUT2D eigenvalue weighted by atomic mass is 35.5. The second-order valence-corrected chi connectivity index (χ2v) is 7.68. The van der Waals surface area contributed by atoms with E-state index in [-0.39, 0.29) is 24.7 Å². The molecular weight excluding hydrogens is 397 g/mol. The molecule has 26 heavy (non-hydrogen) atoms. The Balaban J connectivity index is 1.71. The summed E-state index contributed by atoms with van der Waals surface area (Å²) in [7, 11) is 0. The Hall–Kier alpha value is -1.89. The lowest BCUT2D eigenvalue weighted by Gasteiger charge is -2.14. The van der Waals surface area contributed by atoms with E-state index in [4.69, 9.17) is 27.9 Å². The zero-order valence-corrected chi connectivity index (χ0v) is 16.3. The van der Waals surface area contributed by atoms with Crippen molar-refractivity contribution in [3.05, 3.63) is 56.2 Å². The van der Waals surface area contributed by atoms with E-state index in [0.717, 1.165) is 16.9 Å². The third-order valence-electron chi connectivity index (χ3n) is 3.49. The van der Waals surface area contributed by atoms with Gasteiger partial charge in [-0.15, -0.1) is 11.3 Å². The largest absolute Gasteiger partial charge is 0.456 e. The van der Waals surface area contributed by atoms with Gasteiger partial charge >= 0.3 is 5.97 Å². The standard InChI is InChI=1S/C18H17Cl2NO4S/c1-11(12-3-2-4-13(19)9-12)21-17(23)10-25-18(24)8-5-14(22)15-6-7-16(20)26-15/h2-4,6-7,9,11H,5,8,10H2,1H3,(H,21,23)/t11-/m1/s1. The van der Waals surface area contributed by atoms with Gasteiger partial charge in [-0.1, -0.05) is 35.3 Å². The molecule has 2 aromatic rings. The first-order chi connectivity index (χ1) is 12.3. The topological polar surface area (TPSA) is 72.5 Å². The lowest BCUT2D eigenvalue weighted by atomic mass is 10.1. The number of halogens is 2. The number of amides is 1. The van der Waals surface area contributed by atoms with E-state index >= 15 is 0 Å². The fraction of sp³-hybridized carbons (Fsp3) is 0.278. The predicted octanol–water partition coefficient (Wildman–Crippen LogP) is 4.44. The molecule has 1 aromatic carbocycles. The number of carbonyl (C=O) groups is 3. The summed E-state index contributed by atoms with van der Waals surface area (Å²) in [5, 5.41) is 3.29. The van der Waals surface area contributed by atoms with Crippen molar-refractivity contribution < 1.29 is 19.1 Å². The molecule has 1 heterocycles. The quantitative estimate of drug-likeness (QED) is 0.512. The van der Waals surface area contributed by atoms with E-state index in [0.29, 0.717) is 14.2 Å². The first kappa shape index (κ1) is 20.4. The number of nitrogens with one attached hydrogen (secondary N) is 1. The number of ketones is 1. The van der Waals surface area contributed by atoms with Crippen LogP contribution in [0.5, 0.6) is 0 Å². The number of rotatable bonds is 8. The Morgan fingerprint density at radius 3 is 2.58 bits per heavy atom. The molecule has 138 valence electrons. The molecule has 0 unspecified atom stereocenters. The van der Waals surface area contributed by atoms with Crippen LogP contribution in [-0.2, 0) is 14.3 Å². The molecule has 1 atom stereocenters. The Labute approximate surface area is 165 Å². The van der Waals surface area contributed by atoms with E-state index in [2.05, 4.69) is 5.32 Å². The summed E-state index contributed by atoms with van der Waals surface area (Å²) in [5.74, 6) is -1.22. The molecule has 1 aromatic heterocycles. The number of esters is 1. The first-order valence-electron chi connectivity index (χ1n) is 7.84. The van der Waals surface area contributed by atoms with Crippen molar-refractivity contribution in [1.29, 1.82) is 0 Å². The normalized spacial score (nSPS) is 11.7. The van der Waals surface area contributed by atoms with Crippen molar-refractivity contribution >= 4 is 52.2 Å². The highest BCUT2D eigenvalue weighted by Gasteiger charge is 2.15. The predicted molar refractivity (Wildman–Crippen MR) is 102 cm³/mol. The molecule has 0 aliphatic rings. The summed E-state index contributed by atoms with van der Waals surface area (Å²) >= 11 is 12.8. The van der Waals surface area contributed by atoms with Crippen LogP contribution in [0.1, 0.15) is 41.0 Å². The molecule has 0 saturated carbocycles. The molecule has 1 N–H and O–H groups in total. The third kappa shape index (κ3) is 6.44. The van der Waals surface area contributed by atoms with Crippen LogP contribution in [0.15, 0.2) is 36.4 Å². The Bertz CT molecular complexity index is 806. The second kappa shape index (κ2) is 9.71. The minimum atomic E-state index is -0.605. The molecule has 0 saturated heterocycles. The smallest absolute Gasteiger partial charge is 0.306 e. The van der Waals surface area contributed by atoms with Gasteiger partial charge in [0, 0.05) is 11.4 Å². The fourth-order valence-electron chi connectivity index (χ4n) is 2.16. The van der Waals surface area contributed by atoms with Gasteiger partial charge in [0.25, 0.3) is 5.91 Å². The summed E-state index contributed by atoms with van der Waals surface area (Å²) in [6, 6.07) is 10.1. The molecule has 0 spiro atoms. The summed E-state index contributed by atoms with van der Waals surface area (Å²) in [6.07, 6.45) is -0.0817. The van der Waals surface area contributed by atoms with Crippen LogP contribution in [0.2, 0.25) is 9.36 Å². The minimum absolute atomic E-state index is 0.0101. The van der Waals surface area contributed by atoms with E-state index in [9.17, 15) is 14.4 Å². The average molecular weight is 414 g/mol. The minimum Gasteiger partial charge on any atom is -0.456 e. The fourth-order valence-corrected chi connectivity index (χ4v) is 3.37. The molecule has 2 rings (SSSR count). The Kier molecular flexibility index (Phi) is 7.63. The van der Waals surface area contributed by atoms with Gasteiger partial charge in [0.05, 0.1) is 21.7 Å². The van der Waals surface area contributed by atoms with Gasteiger partial charge in [-0.05, 0) is 36.8 Å². The molecule has 0 aliphatic carbocycles. The van der Waals surface area contributed by atoms with E-state index in [1.54, 1.807) is 37.3 Å². The molecular formula is C18H17Cl2NO4S. The summed E-state index contributed by atoms with van der Waals surface area (Å²) < 4.78 is 5.42. The van der Waals surface area contributed by atoms with Crippen molar-refractivity contribution in [1.82, 2.24) is 5.32 Å². The van der Waals surface area contributed by atoms with Crippen molar-refractivity contribution in [3.63, 3.8) is 0 Å². The van der Waals surface area contributed by atoms with Gasteiger partial charge in [0.15, 0.2) is 12.4 Å². The molecule has 5 nitrogen and oxygen atoms in total. The number of benzene rings is 1. The average Bonchev–Trinajstić information content (AvgIpc) is 3.04. The summed E-state index contributed by atoms with van der Waals surface area (Å²) in [5.41, 5.74) is 0.845. The van der Waals surface area contributed by atoms with Gasteiger partial charge in [-0.25, -0.2) is 0 Å². The molecule has 0 bridgehead atoms. The number of hydrogen-bond acceptors (Lipinski definition) is 5. The zero-order valence-electron chi connectivity index (χ0n) is 14.0. The Morgan fingerprint density at radius 2 is 1.92 bits per heavy atom. The maximum Gasteiger partial charge on any atom is 0.306 e. The monoisotopic (exact) mass is 413 g/mol. The van der Waals surface area contributed by atoms with Crippen molar-refractivity contribution in [2.75, 3.05) is 6.61 Å². The van der Waals surface area contributed by atoms with Gasteiger partial charge in [-0.3, -0.25) is 14.4 Å². The number of carbonyl (C=O) groups excluding carboxylic acids is 3. The maximum absolute atomic E-state index is 11.9. The van der Waals surface area contributed by atoms with Crippen LogP contribution in [0.3, 0.4) is 0 Å². The van der Waals surface area contributed by atoms with E-state index in [1.807, 2.05) is 6.07 Å². The van der Waals surface area contributed by atoms with Gasteiger partial charge < -0.3 is 10.1 Å². The van der Waals surface area contributed by atoms with Gasteiger partial charge in [-0.2, -0.15) is 0 Å². The summed E-state index contributed by atoms with van der Waals surface area (Å²) in [4.78, 5) is 36.0. The molecule has 8 heteroatoms.